The molecule has 0 atom stereocenters. The van der Waals surface area contributed by atoms with Gasteiger partial charge in [-0.1, -0.05) is 23.7 Å². The summed E-state index contributed by atoms with van der Waals surface area (Å²) in [4.78, 5) is 21.8. The summed E-state index contributed by atoms with van der Waals surface area (Å²) in [6.45, 7) is 1.93. The zero-order chi connectivity index (χ0) is 19.3. The van der Waals surface area contributed by atoms with Gasteiger partial charge in [-0.2, -0.15) is 0 Å². The molecule has 7 heteroatoms. The molecule has 0 saturated carbocycles. The number of hydrogen-bond acceptors (Lipinski definition) is 5. The maximum absolute atomic E-state index is 14.4. The highest BCUT2D eigenvalue weighted by atomic mass is 35.5. The summed E-state index contributed by atoms with van der Waals surface area (Å²) in [5, 5.41) is 1.98. The molecular formula is C21H15ClFN3O2. The van der Waals surface area contributed by atoms with Crippen molar-refractivity contribution in [3.05, 3.63) is 69.9 Å². The van der Waals surface area contributed by atoms with Crippen molar-refractivity contribution in [2.24, 2.45) is 5.92 Å². The molecule has 5 nitrogen and oxygen atoms in total. The van der Waals surface area contributed by atoms with Gasteiger partial charge in [0.25, 0.3) is 0 Å². The summed E-state index contributed by atoms with van der Waals surface area (Å²) in [6.07, 6.45) is 3.14. The average molecular weight is 396 g/mol. The molecule has 0 bridgehead atoms. The fourth-order valence-corrected chi connectivity index (χ4v) is 3.47. The number of ether oxygens (including phenoxy) is 1. The molecule has 1 fully saturated rings. The van der Waals surface area contributed by atoms with Crippen molar-refractivity contribution >= 4 is 28.3 Å². The smallest absolute Gasteiger partial charge is 0.225 e. The highest BCUT2D eigenvalue weighted by Gasteiger charge is 2.29. The number of anilines is 1. The van der Waals surface area contributed by atoms with Crippen LogP contribution in [0.3, 0.4) is 0 Å². The van der Waals surface area contributed by atoms with E-state index < -0.39 is 5.82 Å². The molecule has 5 rings (SSSR count). The van der Waals surface area contributed by atoms with Crippen LogP contribution in [0.1, 0.15) is 0 Å². The van der Waals surface area contributed by atoms with Crippen LogP contribution in [0.4, 0.5) is 10.3 Å². The molecule has 2 heterocycles. The van der Waals surface area contributed by atoms with Crippen LogP contribution < -0.4 is 15.1 Å². The van der Waals surface area contributed by atoms with Gasteiger partial charge in [-0.3, -0.25) is 4.79 Å². The van der Waals surface area contributed by atoms with Crippen molar-refractivity contribution in [2.45, 2.75) is 0 Å². The Morgan fingerprint density at radius 3 is 2.50 bits per heavy atom. The van der Waals surface area contributed by atoms with Gasteiger partial charge in [0, 0.05) is 29.8 Å². The summed E-state index contributed by atoms with van der Waals surface area (Å²) in [5.41, 5.74) is 1.62. The van der Waals surface area contributed by atoms with E-state index in [1.165, 1.54) is 6.07 Å². The van der Waals surface area contributed by atoms with E-state index in [2.05, 4.69) is 9.97 Å². The maximum atomic E-state index is 14.4. The van der Waals surface area contributed by atoms with E-state index in [9.17, 15) is 9.18 Å². The Hall–Kier alpha value is -2.99. The van der Waals surface area contributed by atoms with Crippen LogP contribution in [0.25, 0.3) is 21.9 Å². The van der Waals surface area contributed by atoms with E-state index in [-0.39, 0.29) is 17.1 Å². The number of halogens is 2. The molecule has 0 aliphatic carbocycles. The normalized spacial score (nSPS) is 14.6. The van der Waals surface area contributed by atoms with Gasteiger partial charge >= 0.3 is 0 Å². The molecule has 0 amide bonds. The minimum atomic E-state index is -0.411. The van der Waals surface area contributed by atoms with E-state index >= 15 is 0 Å². The molecule has 28 heavy (non-hydrogen) atoms. The summed E-state index contributed by atoms with van der Waals surface area (Å²) in [6, 6.07) is 10.3. The zero-order valence-corrected chi connectivity index (χ0v) is 15.5. The van der Waals surface area contributed by atoms with Crippen LogP contribution in [-0.4, -0.2) is 29.7 Å². The molecule has 1 aliphatic rings. The third-order valence-electron chi connectivity index (χ3n) is 5.03. The monoisotopic (exact) mass is 395 g/mol. The first-order valence-electron chi connectivity index (χ1n) is 8.92. The lowest BCUT2D eigenvalue weighted by Crippen LogP contribution is -2.50. The molecule has 1 aromatic heterocycles. The number of nitrogens with zero attached hydrogens (tertiary/aromatic N) is 3. The van der Waals surface area contributed by atoms with Crippen LogP contribution in [0.5, 0.6) is 5.75 Å². The van der Waals surface area contributed by atoms with Crippen molar-refractivity contribution < 1.29 is 9.13 Å². The zero-order valence-electron chi connectivity index (χ0n) is 14.7. The van der Waals surface area contributed by atoms with Gasteiger partial charge in [-0.15, -0.1) is 0 Å². The quantitative estimate of drug-likeness (QED) is 0.514. The van der Waals surface area contributed by atoms with Crippen molar-refractivity contribution in [1.29, 1.82) is 0 Å². The molecule has 0 radical (unpaired) electrons. The number of fused-ring (bicyclic) bond motifs is 1. The first kappa shape index (κ1) is 17.1. The Labute approximate surface area is 165 Å². The maximum Gasteiger partial charge on any atom is 0.225 e. The number of aromatic nitrogens is 2. The van der Waals surface area contributed by atoms with Crippen molar-refractivity contribution in [3.8, 4) is 16.9 Å². The van der Waals surface area contributed by atoms with Crippen molar-refractivity contribution in [3.63, 3.8) is 0 Å². The third-order valence-corrected chi connectivity index (χ3v) is 5.23. The fourth-order valence-electron chi connectivity index (χ4n) is 3.38. The van der Waals surface area contributed by atoms with Crippen molar-refractivity contribution in [1.82, 2.24) is 9.97 Å². The second-order valence-electron chi connectivity index (χ2n) is 7.02. The molecule has 3 aromatic carbocycles. The minimum absolute atomic E-state index is 0.0743. The van der Waals surface area contributed by atoms with Gasteiger partial charge in [-0.05, 0) is 35.4 Å². The average Bonchev–Trinajstić information content (AvgIpc) is 3.32. The largest absolute Gasteiger partial charge is 0.490 e. The molecule has 140 valence electrons. The van der Waals surface area contributed by atoms with E-state index in [1.807, 2.05) is 17.0 Å². The molecule has 0 N–H and O–H groups in total. The van der Waals surface area contributed by atoms with E-state index in [1.54, 1.807) is 30.6 Å². The van der Waals surface area contributed by atoms with Gasteiger partial charge in [0.05, 0.1) is 24.0 Å². The number of benzene rings is 2. The van der Waals surface area contributed by atoms with E-state index in [0.717, 1.165) is 35.0 Å². The fraction of sp³-hybridized carbons (Fsp3) is 0.190. The molecule has 1 aliphatic heterocycles. The Morgan fingerprint density at radius 2 is 1.79 bits per heavy atom. The van der Waals surface area contributed by atoms with Gasteiger partial charge in [0.1, 0.15) is 0 Å². The minimum Gasteiger partial charge on any atom is -0.490 e. The molecule has 1 saturated heterocycles. The summed E-state index contributed by atoms with van der Waals surface area (Å²) in [7, 11) is 0. The highest BCUT2D eigenvalue weighted by molar-refractivity contribution is 6.30. The standard InChI is InChI=1S/C21H15ClFN3O2/c22-15-7-24-21(25-8-15)26-9-12(10-26)11-28-19-4-2-14(6-18(19)23)13-1-3-16-17(5-13)20(16)27/h1-8,12H,9-11H2. The lowest BCUT2D eigenvalue weighted by Gasteiger charge is -2.38. The van der Waals surface area contributed by atoms with E-state index in [4.69, 9.17) is 16.3 Å². The Morgan fingerprint density at radius 1 is 1.07 bits per heavy atom. The van der Waals surface area contributed by atoms with Gasteiger partial charge in [-0.25, -0.2) is 14.4 Å². The number of hydrogen-bond donors (Lipinski definition) is 0. The molecular weight excluding hydrogens is 381 g/mol. The molecule has 0 unspecified atom stereocenters. The highest BCUT2D eigenvalue weighted by Crippen LogP contribution is 2.29. The van der Waals surface area contributed by atoms with Crippen LogP contribution in [0, 0.1) is 11.7 Å². The predicted molar refractivity (Wildman–Crippen MR) is 106 cm³/mol. The first-order chi connectivity index (χ1) is 13.6. The lowest BCUT2D eigenvalue weighted by atomic mass is 10.0. The van der Waals surface area contributed by atoms with Gasteiger partial charge < -0.3 is 9.64 Å². The second kappa shape index (κ2) is 6.56. The number of rotatable bonds is 5. The summed E-state index contributed by atoms with van der Waals surface area (Å²) in [5.74, 6) is 0.740. The Bertz CT molecular complexity index is 1180. The molecule has 0 spiro atoms. The first-order valence-corrected chi connectivity index (χ1v) is 9.30. The Kier molecular flexibility index (Phi) is 4.02. The second-order valence-corrected chi connectivity index (χ2v) is 7.45. The van der Waals surface area contributed by atoms with Gasteiger partial charge in [0.2, 0.25) is 5.95 Å². The van der Waals surface area contributed by atoms with Gasteiger partial charge in [0.15, 0.2) is 17.0 Å². The summed E-state index contributed by atoms with van der Waals surface area (Å²) >= 11 is 5.79. The van der Waals surface area contributed by atoms with Crippen molar-refractivity contribution in [2.75, 3.05) is 24.6 Å². The van der Waals surface area contributed by atoms with Crippen LogP contribution in [0.15, 0.2) is 53.6 Å². The topological polar surface area (TPSA) is 55.3 Å². The predicted octanol–water partition coefficient (Wildman–Crippen LogP) is 3.84. The Balaban J connectivity index is 1.20. The lowest BCUT2D eigenvalue weighted by molar-refractivity contribution is 0.212. The van der Waals surface area contributed by atoms with E-state index in [0.29, 0.717) is 17.6 Å². The SMILES string of the molecule is O=c1c2ccc(-c3ccc(OCC4CN(c5ncc(Cl)cn5)C4)c(F)c3)cc12. The van der Waals surface area contributed by atoms with Crippen LogP contribution in [0.2, 0.25) is 5.02 Å². The molecule has 4 aromatic rings. The van der Waals surface area contributed by atoms with Crippen LogP contribution >= 0.6 is 11.6 Å². The summed E-state index contributed by atoms with van der Waals surface area (Å²) < 4.78 is 20.1. The third kappa shape index (κ3) is 3.10. The van der Waals surface area contributed by atoms with Crippen LogP contribution in [-0.2, 0) is 0 Å².